The summed E-state index contributed by atoms with van der Waals surface area (Å²) in [5.74, 6) is 0. The van der Waals surface area contributed by atoms with Gasteiger partial charge in [-0.3, -0.25) is 0 Å². The van der Waals surface area contributed by atoms with Crippen molar-refractivity contribution in [1.82, 2.24) is 0 Å². The zero-order chi connectivity index (χ0) is 13.9. The number of hydrogen-bond donors (Lipinski definition) is 2. The van der Waals surface area contributed by atoms with Crippen molar-refractivity contribution in [3.63, 3.8) is 0 Å². The third-order valence-electron chi connectivity index (χ3n) is 3.49. The van der Waals surface area contributed by atoms with E-state index in [9.17, 15) is 8.42 Å². The molecule has 3 N–H and O–H groups in total. The van der Waals surface area contributed by atoms with Gasteiger partial charge in [-0.1, -0.05) is 6.07 Å². The SMILES string of the molecule is COC1CCCC(Nc2cccc(S(N)(=O)=O)c2)C1. The predicted molar refractivity (Wildman–Crippen MR) is 74.5 cm³/mol. The molecular weight excluding hydrogens is 264 g/mol. The van der Waals surface area contributed by atoms with Crippen LogP contribution in [0.3, 0.4) is 0 Å². The van der Waals surface area contributed by atoms with Gasteiger partial charge in [0.1, 0.15) is 0 Å². The van der Waals surface area contributed by atoms with Gasteiger partial charge in [0, 0.05) is 18.8 Å². The van der Waals surface area contributed by atoms with E-state index in [2.05, 4.69) is 5.32 Å². The maximum absolute atomic E-state index is 11.3. The Bertz CT molecular complexity index is 530. The maximum Gasteiger partial charge on any atom is 0.238 e. The lowest BCUT2D eigenvalue weighted by Gasteiger charge is -2.29. The lowest BCUT2D eigenvalue weighted by atomic mass is 9.92. The lowest BCUT2D eigenvalue weighted by Crippen LogP contribution is -2.31. The van der Waals surface area contributed by atoms with E-state index in [1.807, 2.05) is 6.07 Å². The normalized spacial score (nSPS) is 24.1. The highest BCUT2D eigenvalue weighted by Crippen LogP contribution is 2.24. The Morgan fingerprint density at radius 2 is 2.16 bits per heavy atom. The first-order valence-corrected chi connectivity index (χ1v) is 7.96. The molecule has 6 heteroatoms. The molecule has 2 unspecified atom stereocenters. The molecule has 0 aromatic heterocycles. The van der Waals surface area contributed by atoms with Gasteiger partial charge >= 0.3 is 0 Å². The van der Waals surface area contributed by atoms with Crippen molar-refractivity contribution in [3.8, 4) is 0 Å². The Hall–Kier alpha value is -1.11. The highest BCUT2D eigenvalue weighted by molar-refractivity contribution is 7.89. The fourth-order valence-corrected chi connectivity index (χ4v) is 3.05. The topological polar surface area (TPSA) is 81.4 Å². The van der Waals surface area contributed by atoms with E-state index in [0.717, 1.165) is 31.4 Å². The van der Waals surface area contributed by atoms with E-state index in [1.54, 1.807) is 19.2 Å². The molecule has 0 aliphatic heterocycles. The van der Waals surface area contributed by atoms with Crippen LogP contribution in [0.2, 0.25) is 0 Å². The molecule has 1 saturated carbocycles. The van der Waals surface area contributed by atoms with Crippen molar-refractivity contribution < 1.29 is 13.2 Å². The molecule has 1 aliphatic carbocycles. The first-order valence-electron chi connectivity index (χ1n) is 6.41. The van der Waals surface area contributed by atoms with Crippen LogP contribution < -0.4 is 10.5 Å². The van der Waals surface area contributed by atoms with E-state index in [4.69, 9.17) is 9.88 Å². The molecule has 2 atom stereocenters. The highest BCUT2D eigenvalue weighted by atomic mass is 32.2. The third-order valence-corrected chi connectivity index (χ3v) is 4.40. The Kier molecular flexibility index (Phi) is 4.44. The summed E-state index contributed by atoms with van der Waals surface area (Å²) in [5.41, 5.74) is 0.785. The third kappa shape index (κ3) is 3.92. The molecule has 1 aliphatic rings. The van der Waals surface area contributed by atoms with Crippen LogP contribution in [0.15, 0.2) is 29.2 Å². The number of ether oxygens (including phenoxy) is 1. The van der Waals surface area contributed by atoms with Gasteiger partial charge < -0.3 is 10.1 Å². The van der Waals surface area contributed by atoms with Crippen LogP contribution in [0.1, 0.15) is 25.7 Å². The molecule has 1 aromatic rings. The summed E-state index contributed by atoms with van der Waals surface area (Å²) in [7, 11) is -1.92. The number of nitrogens with two attached hydrogens (primary N) is 1. The second kappa shape index (κ2) is 5.90. The molecule has 0 heterocycles. The molecule has 0 bridgehead atoms. The van der Waals surface area contributed by atoms with Gasteiger partial charge in [-0.2, -0.15) is 0 Å². The van der Waals surface area contributed by atoms with Gasteiger partial charge in [0.2, 0.25) is 10.0 Å². The van der Waals surface area contributed by atoms with E-state index in [1.165, 1.54) is 6.07 Å². The van der Waals surface area contributed by atoms with Gasteiger partial charge in [0.15, 0.2) is 0 Å². The number of nitrogens with one attached hydrogen (secondary N) is 1. The zero-order valence-electron chi connectivity index (χ0n) is 11.0. The van der Waals surface area contributed by atoms with E-state index in [-0.39, 0.29) is 11.0 Å². The van der Waals surface area contributed by atoms with Crippen LogP contribution in [0.4, 0.5) is 5.69 Å². The fourth-order valence-electron chi connectivity index (χ4n) is 2.49. The highest BCUT2D eigenvalue weighted by Gasteiger charge is 2.21. The summed E-state index contributed by atoms with van der Waals surface area (Å²) in [5, 5.41) is 8.48. The molecule has 2 rings (SSSR count). The van der Waals surface area contributed by atoms with Crippen LogP contribution in [0.25, 0.3) is 0 Å². The Morgan fingerprint density at radius 1 is 1.37 bits per heavy atom. The van der Waals surface area contributed by atoms with Gasteiger partial charge in [-0.05, 0) is 43.9 Å². The molecule has 0 radical (unpaired) electrons. The number of sulfonamides is 1. The summed E-state index contributed by atoms with van der Waals surface area (Å²) in [4.78, 5) is 0.136. The van der Waals surface area contributed by atoms with Gasteiger partial charge in [0.25, 0.3) is 0 Å². The first-order chi connectivity index (χ1) is 8.99. The van der Waals surface area contributed by atoms with E-state index >= 15 is 0 Å². The summed E-state index contributed by atoms with van der Waals surface area (Å²) < 4.78 is 28.0. The average molecular weight is 284 g/mol. The zero-order valence-corrected chi connectivity index (χ0v) is 11.8. The van der Waals surface area contributed by atoms with Crippen molar-refractivity contribution in [2.24, 2.45) is 5.14 Å². The van der Waals surface area contributed by atoms with Crippen LogP contribution in [-0.4, -0.2) is 27.7 Å². The average Bonchev–Trinajstić information content (AvgIpc) is 2.38. The minimum absolute atomic E-state index is 0.136. The molecule has 106 valence electrons. The number of rotatable bonds is 4. The molecule has 0 amide bonds. The largest absolute Gasteiger partial charge is 0.382 e. The van der Waals surface area contributed by atoms with Gasteiger partial charge in [-0.25, -0.2) is 13.6 Å². The molecule has 19 heavy (non-hydrogen) atoms. The van der Waals surface area contributed by atoms with Crippen molar-refractivity contribution in [3.05, 3.63) is 24.3 Å². The van der Waals surface area contributed by atoms with Crippen molar-refractivity contribution in [1.29, 1.82) is 0 Å². The molecule has 1 fully saturated rings. The Balaban J connectivity index is 2.07. The van der Waals surface area contributed by atoms with Crippen molar-refractivity contribution in [2.45, 2.75) is 42.7 Å². The molecule has 0 saturated heterocycles. The summed E-state index contributed by atoms with van der Waals surface area (Å²) in [6.45, 7) is 0. The van der Waals surface area contributed by atoms with Crippen LogP contribution in [-0.2, 0) is 14.8 Å². The quantitative estimate of drug-likeness (QED) is 0.881. The van der Waals surface area contributed by atoms with Crippen molar-refractivity contribution >= 4 is 15.7 Å². The number of hydrogen-bond acceptors (Lipinski definition) is 4. The van der Waals surface area contributed by atoms with E-state index < -0.39 is 10.0 Å². The van der Waals surface area contributed by atoms with Crippen LogP contribution >= 0.6 is 0 Å². The van der Waals surface area contributed by atoms with Crippen LogP contribution in [0, 0.1) is 0 Å². The molecule has 1 aromatic carbocycles. The Labute approximate surface area is 114 Å². The van der Waals surface area contributed by atoms with Crippen molar-refractivity contribution in [2.75, 3.05) is 12.4 Å². The first kappa shape index (κ1) is 14.3. The minimum atomic E-state index is -3.65. The number of methoxy groups -OCH3 is 1. The summed E-state index contributed by atoms with van der Waals surface area (Å²) >= 11 is 0. The van der Waals surface area contributed by atoms with E-state index in [0.29, 0.717) is 6.04 Å². The lowest BCUT2D eigenvalue weighted by molar-refractivity contribution is 0.0669. The number of primary sulfonamides is 1. The molecule has 5 nitrogen and oxygen atoms in total. The number of benzene rings is 1. The predicted octanol–water partition coefficient (Wildman–Crippen LogP) is 1.70. The molecule has 0 spiro atoms. The maximum atomic E-state index is 11.3. The Morgan fingerprint density at radius 3 is 2.84 bits per heavy atom. The van der Waals surface area contributed by atoms with Gasteiger partial charge in [0.05, 0.1) is 11.0 Å². The second-order valence-electron chi connectivity index (χ2n) is 4.94. The standard InChI is InChI=1S/C13H20N2O3S/c1-18-12-6-2-4-10(8-12)15-11-5-3-7-13(9-11)19(14,16)17/h3,5,7,9-10,12,15H,2,4,6,8H2,1H3,(H2,14,16,17). The second-order valence-corrected chi connectivity index (χ2v) is 6.50. The van der Waals surface area contributed by atoms with Gasteiger partial charge in [-0.15, -0.1) is 0 Å². The molecular formula is C13H20N2O3S. The fraction of sp³-hybridized carbons (Fsp3) is 0.538. The number of anilines is 1. The smallest absolute Gasteiger partial charge is 0.238 e. The summed E-state index contributed by atoms with van der Waals surface area (Å²) in [6.07, 6.45) is 4.50. The van der Waals surface area contributed by atoms with Crippen LogP contribution in [0.5, 0.6) is 0 Å². The minimum Gasteiger partial charge on any atom is -0.382 e. The summed E-state index contributed by atoms with van der Waals surface area (Å²) in [6, 6.07) is 6.93. The monoisotopic (exact) mass is 284 g/mol.